The summed E-state index contributed by atoms with van der Waals surface area (Å²) in [5.74, 6) is 0.445. The molecule has 1 aromatic carbocycles. The molecule has 0 N–H and O–H groups in total. The van der Waals surface area contributed by atoms with E-state index in [2.05, 4.69) is 19.8 Å². The van der Waals surface area contributed by atoms with Gasteiger partial charge in [0.25, 0.3) is 0 Å². The van der Waals surface area contributed by atoms with Crippen LogP contribution in [0.1, 0.15) is 38.5 Å². The highest BCUT2D eigenvalue weighted by Gasteiger charge is 2.29. The molecule has 1 amide bonds. The van der Waals surface area contributed by atoms with Crippen molar-refractivity contribution < 1.29 is 4.79 Å². The number of nitrogens with zero attached hydrogens (tertiary/aromatic N) is 5. The molecule has 6 nitrogen and oxygen atoms in total. The normalized spacial score (nSPS) is 21.8. The lowest BCUT2D eigenvalue weighted by atomic mass is 9.95. The van der Waals surface area contributed by atoms with E-state index in [-0.39, 0.29) is 5.92 Å². The number of carbonyl (C=O) groups excluding carboxylic acids is 1. The molecule has 0 radical (unpaired) electrons. The van der Waals surface area contributed by atoms with Gasteiger partial charge in [-0.2, -0.15) is 0 Å². The van der Waals surface area contributed by atoms with E-state index in [0.29, 0.717) is 11.6 Å². The predicted octanol–water partition coefficient (Wildman–Crippen LogP) is 4.25. The van der Waals surface area contributed by atoms with Gasteiger partial charge in [0, 0.05) is 42.5 Å². The molecule has 2 aliphatic heterocycles. The SMILES string of the molecule is [N-]=[N+]=Nc1ccc(N2CCCC(C(=O)N3CCCCCC3)C2)cc1. The van der Waals surface area contributed by atoms with Crippen LogP contribution in [0.25, 0.3) is 10.4 Å². The van der Waals surface area contributed by atoms with E-state index < -0.39 is 0 Å². The second kappa shape index (κ2) is 8.06. The van der Waals surface area contributed by atoms with Crippen molar-refractivity contribution in [2.24, 2.45) is 11.0 Å². The van der Waals surface area contributed by atoms with Gasteiger partial charge < -0.3 is 9.80 Å². The van der Waals surface area contributed by atoms with E-state index in [1.165, 1.54) is 12.8 Å². The maximum Gasteiger partial charge on any atom is 0.227 e. The molecule has 1 aromatic rings. The number of amides is 1. The molecule has 2 saturated heterocycles. The first-order valence-corrected chi connectivity index (χ1v) is 8.97. The Morgan fingerprint density at radius 3 is 2.42 bits per heavy atom. The van der Waals surface area contributed by atoms with E-state index in [1.807, 2.05) is 24.3 Å². The van der Waals surface area contributed by atoms with E-state index >= 15 is 0 Å². The molecule has 0 aromatic heterocycles. The van der Waals surface area contributed by atoms with Gasteiger partial charge in [-0.05, 0) is 43.3 Å². The first kappa shape index (κ1) is 16.7. The predicted molar refractivity (Wildman–Crippen MR) is 95.2 cm³/mol. The van der Waals surface area contributed by atoms with Crippen LogP contribution in [0, 0.1) is 5.92 Å². The smallest absolute Gasteiger partial charge is 0.227 e. The van der Waals surface area contributed by atoms with E-state index in [0.717, 1.165) is 57.5 Å². The first-order valence-electron chi connectivity index (χ1n) is 8.97. The van der Waals surface area contributed by atoms with Crippen LogP contribution in [0.5, 0.6) is 0 Å². The zero-order chi connectivity index (χ0) is 16.8. The zero-order valence-corrected chi connectivity index (χ0v) is 14.1. The van der Waals surface area contributed by atoms with Gasteiger partial charge in [0.2, 0.25) is 5.91 Å². The van der Waals surface area contributed by atoms with Gasteiger partial charge in [0.15, 0.2) is 0 Å². The lowest BCUT2D eigenvalue weighted by Crippen LogP contribution is -2.45. The van der Waals surface area contributed by atoms with Crippen molar-refractivity contribution in [2.45, 2.75) is 38.5 Å². The Balaban J connectivity index is 1.64. The van der Waals surface area contributed by atoms with Gasteiger partial charge in [-0.15, -0.1) is 0 Å². The molecule has 24 heavy (non-hydrogen) atoms. The van der Waals surface area contributed by atoms with E-state index in [1.54, 1.807) is 0 Å². The lowest BCUT2D eigenvalue weighted by Gasteiger charge is -2.36. The Morgan fingerprint density at radius 2 is 1.75 bits per heavy atom. The van der Waals surface area contributed by atoms with Gasteiger partial charge in [-0.3, -0.25) is 4.79 Å². The summed E-state index contributed by atoms with van der Waals surface area (Å²) in [4.78, 5) is 20.0. The van der Waals surface area contributed by atoms with E-state index in [4.69, 9.17) is 5.53 Å². The Bertz CT molecular complexity index is 600. The largest absolute Gasteiger partial charge is 0.371 e. The van der Waals surface area contributed by atoms with Crippen LogP contribution >= 0.6 is 0 Å². The molecular formula is C18H25N5O. The van der Waals surface area contributed by atoms with Crippen LogP contribution < -0.4 is 4.90 Å². The molecule has 1 atom stereocenters. The standard InChI is InChI=1S/C18H25N5O/c19-21-20-16-7-9-17(10-8-16)23-13-5-6-15(14-23)18(24)22-11-3-1-2-4-12-22/h7-10,15H,1-6,11-14H2. The van der Waals surface area contributed by atoms with Crippen molar-refractivity contribution in [3.8, 4) is 0 Å². The average molecular weight is 327 g/mol. The highest BCUT2D eigenvalue weighted by molar-refractivity contribution is 5.80. The third kappa shape index (κ3) is 4.01. The zero-order valence-electron chi connectivity index (χ0n) is 14.1. The Morgan fingerprint density at radius 1 is 1.04 bits per heavy atom. The first-order chi connectivity index (χ1) is 11.8. The summed E-state index contributed by atoms with van der Waals surface area (Å²) in [5.41, 5.74) is 10.2. The maximum atomic E-state index is 12.9. The minimum absolute atomic E-state index is 0.105. The third-order valence-electron chi connectivity index (χ3n) is 5.06. The molecular weight excluding hydrogens is 302 g/mol. The molecule has 2 heterocycles. The van der Waals surface area contributed by atoms with Gasteiger partial charge in [0.05, 0.1) is 5.92 Å². The second-order valence-corrected chi connectivity index (χ2v) is 6.73. The minimum atomic E-state index is 0.105. The monoisotopic (exact) mass is 327 g/mol. The molecule has 128 valence electrons. The fraction of sp³-hybridized carbons (Fsp3) is 0.611. The van der Waals surface area contributed by atoms with Crippen LogP contribution in [-0.2, 0) is 4.79 Å². The highest BCUT2D eigenvalue weighted by atomic mass is 16.2. The number of anilines is 1. The number of carbonyl (C=O) groups is 1. The molecule has 0 bridgehead atoms. The van der Waals surface area contributed by atoms with Gasteiger partial charge in [-0.25, -0.2) is 0 Å². The van der Waals surface area contributed by atoms with Crippen LogP contribution in [-0.4, -0.2) is 37.0 Å². The third-order valence-corrected chi connectivity index (χ3v) is 5.06. The maximum absolute atomic E-state index is 12.9. The van der Waals surface area contributed by atoms with Crippen LogP contribution in [0.3, 0.4) is 0 Å². The summed E-state index contributed by atoms with van der Waals surface area (Å²) < 4.78 is 0. The van der Waals surface area contributed by atoms with Crippen molar-refractivity contribution >= 4 is 17.3 Å². The fourth-order valence-corrected chi connectivity index (χ4v) is 3.74. The molecule has 0 spiro atoms. The molecule has 3 rings (SSSR count). The summed E-state index contributed by atoms with van der Waals surface area (Å²) in [6.45, 7) is 3.62. The number of hydrogen-bond acceptors (Lipinski definition) is 3. The lowest BCUT2D eigenvalue weighted by molar-refractivity contribution is -0.135. The number of azide groups is 1. The van der Waals surface area contributed by atoms with E-state index in [9.17, 15) is 4.79 Å². The van der Waals surface area contributed by atoms with Gasteiger partial charge in [0.1, 0.15) is 0 Å². The topological polar surface area (TPSA) is 72.3 Å². The van der Waals surface area contributed by atoms with Gasteiger partial charge >= 0.3 is 0 Å². The van der Waals surface area contributed by atoms with Crippen molar-refractivity contribution in [3.63, 3.8) is 0 Å². The minimum Gasteiger partial charge on any atom is -0.371 e. The van der Waals surface area contributed by atoms with Crippen molar-refractivity contribution in [3.05, 3.63) is 34.7 Å². The van der Waals surface area contributed by atoms with Gasteiger partial charge in [-0.1, -0.05) is 30.1 Å². The fourth-order valence-electron chi connectivity index (χ4n) is 3.74. The number of rotatable bonds is 3. The molecule has 0 aliphatic carbocycles. The summed E-state index contributed by atoms with van der Waals surface area (Å²) in [5, 5.41) is 3.61. The summed E-state index contributed by atoms with van der Waals surface area (Å²) in [6, 6.07) is 7.61. The van der Waals surface area contributed by atoms with Crippen LogP contribution in [0.4, 0.5) is 11.4 Å². The quantitative estimate of drug-likeness (QED) is 0.473. The Hall–Kier alpha value is -2.20. The molecule has 6 heteroatoms. The Labute approximate surface area is 143 Å². The van der Waals surface area contributed by atoms with Crippen molar-refractivity contribution in [1.82, 2.24) is 4.90 Å². The number of likely N-dealkylation sites (tertiary alicyclic amines) is 1. The number of hydrogen-bond donors (Lipinski definition) is 0. The summed E-state index contributed by atoms with van der Waals surface area (Å²) in [7, 11) is 0. The summed E-state index contributed by atoms with van der Waals surface area (Å²) >= 11 is 0. The average Bonchev–Trinajstić information content (AvgIpc) is 2.91. The Kier molecular flexibility index (Phi) is 5.59. The van der Waals surface area contributed by atoms with Crippen molar-refractivity contribution in [1.29, 1.82) is 0 Å². The molecule has 0 saturated carbocycles. The molecule has 2 aliphatic rings. The van der Waals surface area contributed by atoms with Crippen LogP contribution in [0.15, 0.2) is 29.4 Å². The highest BCUT2D eigenvalue weighted by Crippen LogP contribution is 2.27. The van der Waals surface area contributed by atoms with Crippen LogP contribution in [0.2, 0.25) is 0 Å². The number of benzene rings is 1. The van der Waals surface area contributed by atoms with Crippen molar-refractivity contribution in [2.75, 3.05) is 31.1 Å². The molecule has 2 fully saturated rings. The second-order valence-electron chi connectivity index (χ2n) is 6.73. The molecule has 1 unspecified atom stereocenters. The summed E-state index contributed by atoms with van der Waals surface area (Å²) in [6.07, 6.45) is 6.81. The number of piperidine rings is 1.